The van der Waals surface area contributed by atoms with Crippen molar-refractivity contribution in [3.8, 4) is 0 Å². The summed E-state index contributed by atoms with van der Waals surface area (Å²) < 4.78 is 5.38. The van der Waals surface area contributed by atoms with Crippen LogP contribution in [0.15, 0.2) is 29.3 Å². The molecule has 0 aliphatic carbocycles. The second-order valence-corrected chi connectivity index (χ2v) is 7.82. The molecule has 0 bridgehead atoms. The fourth-order valence-electron chi connectivity index (χ4n) is 3.63. The van der Waals surface area contributed by atoms with E-state index in [9.17, 15) is 0 Å². The smallest absolute Gasteiger partial charge is 0.191 e. The zero-order valence-electron chi connectivity index (χ0n) is 18.2. The molecule has 0 saturated carbocycles. The molecule has 1 fully saturated rings. The van der Waals surface area contributed by atoms with Gasteiger partial charge in [0.1, 0.15) is 0 Å². The van der Waals surface area contributed by atoms with E-state index < -0.39 is 0 Å². The Morgan fingerprint density at radius 2 is 1.93 bits per heavy atom. The number of ether oxygens (including phenoxy) is 1. The Labute approximate surface area is 171 Å². The Bertz CT molecular complexity index is 558. The van der Waals surface area contributed by atoms with E-state index in [0.29, 0.717) is 6.54 Å². The third kappa shape index (κ3) is 9.07. The van der Waals surface area contributed by atoms with E-state index >= 15 is 0 Å². The van der Waals surface area contributed by atoms with Crippen LogP contribution in [0.3, 0.4) is 0 Å². The maximum absolute atomic E-state index is 5.38. The van der Waals surface area contributed by atoms with Gasteiger partial charge in [-0.3, -0.25) is 4.90 Å². The highest BCUT2D eigenvalue weighted by Crippen LogP contribution is 2.18. The van der Waals surface area contributed by atoms with Gasteiger partial charge in [-0.05, 0) is 63.1 Å². The Morgan fingerprint density at radius 1 is 1.14 bits per heavy atom. The minimum Gasteiger partial charge on any atom is -0.382 e. The average Bonchev–Trinajstić information content (AvgIpc) is 2.70. The fourth-order valence-corrected chi connectivity index (χ4v) is 3.63. The molecule has 1 atom stereocenters. The lowest BCUT2D eigenvalue weighted by atomic mass is 9.99. The number of guanidine groups is 1. The monoisotopic (exact) mass is 388 g/mol. The van der Waals surface area contributed by atoms with E-state index in [1.54, 1.807) is 0 Å². The highest BCUT2D eigenvalue weighted by Gasteiger charge is 2.16. The number of benzene rings is 1. The van der Waals surface area contributed by atoms with Gasteiger partial charge in [0.15, 0.2) is 5.96 Å². The Kier molecular flexibility index (Phi) is 11.0. The van der Waals surface area contributed by atoms with E-state index in [0.717, 1.165) is 57.6 Å². The van der Waals surface area contributed by atoms with E-state index in [2.05, 4.69) is 53.6 Å². The van der Waals surface area contributed by atoms with Crippen LogP contribution in [0.2, 0.25) is 0 Å². The lowest BCUT2D eigenvalue weighted by Crippen LogP contribution is -2.37. The molecule has 0 aromatic heterocycles. The minimum atomic E-state index is 0.704. The molecule has 1 aromatic carbocycles. The van der Waals surface area contributed by atoms with E-state index in [1.165, 1.54) is 37.1 Å². The van der Waals surface area contributed by atoms with Crippen molar-refractivity contribution in [2.24, 2.45) is 10.9 Å². The van der Waals surface area contributed by atoms with Gasteiger partial charge in [0, 0.05) is 39.4 Å². The summed E-state index contributed by atoms with van der Waals surface area (Å²) in [5, 5.41) is 6.74. The molecule has 1 heterocycles. The lowest BCUT2D eigenvalue weighted by molar-refractivity contribution is 0.143. The summed E-state index contributed by atoms with van der Waals surface area (Å²) in [5.41, 5.74) is 2.66. The van der Waals surface area contributed by atoms with Gasteiger partial charge >= 0.3 is 0 Å². The number of nitrogens with zero attached hydrogens (tertiary/aromatic N) is 2. The molecule has 1 aromatic rings. The number of unbranched alkanes of at least 4 members (excludes halogenated alkanes) is 1. The fraction of sp³-hybridized carbons (Fsp3) is 0.696. The molecule has 28 heavy (non-hydrogen) atoms. The van der Waals surface area contributed by atoms with Crippen molar-refractivity contribution in [1.29, 1.82) is 0 Å². The van der Waals surface area contributed by atoms with E-state index in [4.69, 9.17) is 9.73 Å². The highest BCUT2D eigenvalue weighted by molar-refractivity contribution is 5.79. The maximum atomic E-state index is 5.38. The summed E-state index contributed by atoms with van der Waals surface area (Å²) >= 11 is 0. The van der Waals surface area contributed by atoms with Gasteiger partial charge in [0.05, 0.1) is 6.54 Å². The third-order valence-electron chi connectivity index (χ3n) is 5.15. The number of nitrogens with one attached hydrogen (secondary N) is 2. The number of hydrogen-bond acceptors (Lipinski definition) is 3. The summed E-state index contributed by atoms with van der Waals surface area (Å²) in [6.45, 7) is 14.2. The van der Waals surface area contributed by atoms with Gasteiger partial charge in [0.25, 0.3) is 0 Å². The lowest BCUT2D eigenvalue weighted by Gasteiger charge is -2.30. The molecule has 0 spiro atoms. The first-order valence-electron chi connectivity index (χ1n) is 11.1. The van der Waals surface area contributed by atoms with Crippen LogP contribution in [0.25, 0.3) is 0 Å². The normalized spacial score (nSPS) is 18.2. The van der Waals surface area contributed by atoms with E-state index in [-0.39, 0.29) is 0 Å². The zero-order chi connectivity index (χ0) is 20.0. The molecule has 5 nitrogen and oxygen atoms in total. The minimum absolute atomic E-state index is 0.704. The Hall–Kier alpha value is -1.59. The molecule has 0 amide bonds. The van der Waals surface area contributed by atoms with E-state index in [1.807, 2.05) is 6.92 Å². The quantitative estimate of drug-likeness (QED) is 0.344. The van der Waals surface area contributed by atoms with Gasteiger partial charge in [-0.1, -0.05) is 31.2 Å². The molecule has 2 N–H and O–H groups in total. The van der Waals surface area contributed by atoms with Gasteiger partial charge in [-0.2, -0.15) is 0 Å². The third-order valence-corrected chi connectivity index (χ3v) is 5.15. The van der Waals surface area contributed by atoms with Crippen molar-refractivity contribution in [2.75, 3.05) is 39.4 Å². The van der Waals surface area contributed by atoms with Crippen molar-refractivity contribution in [2.45, 2.75) is 59.5 Å². The zero-order valence-corrected chi connectivity index (χ0v) is 18.2. The van der Waals surface area contributed by atoms with Crippen LogP contribution >= 0.6 is 0 Å². The molecule has 1 aliphatic heterocycles. The summed E-state index contributed by atoms with van der Waals surface area (Å²) in [5.74, 6) is 1.73. The number of hydrogen-bond donors (Lipinski definition) is 2. The average molecular weight is 389 g/mol. The molecular formula is C23H40N4O. The molecule has 1 unspecified atom stereocenters. The van der Waals surface area contributed by atoms with Gasteiger partial charge in [-0.15, -0.1) is 0 Å². The van der Waals surface area contributed by atoms with Crippen LogP contribution in [-0.4, -0.2) is 50.3 Å². The molecule has 1 aliphatic rings. The van der Waals surface area contributed by atoms with Crippen molar-refractivity contribution in [3.63, 3.8) is 0 Å². The highest BCUT2D eigenvalue weighted by atomic mass is 16.5. The van der Waals surface area contributed by atoms with Crippen molar-refractivity contribution >= 4 is 5.96 Å². The van der Waals surface area contributed by atoms with Crippen LogP contribution in [0.1, 0.15) is 57.6 Å². The Morgan fingerprint density at radius 3 is 2.64 bits per heavy atom. The van der Waals surface area contributed by atoms with Crippen LogP contribution in [0.5, 0.6) is 0 Å². The second kappa shape index (κ2) is 13.6. The van der Waals surface area contributed by atoms with Crippen molar-refractivity contribution in [1.82, 2.24) is 15.5 Å². The largest absolute Gasteiger partial charge is 0.382 e. The second-order valence-electron chi connectivity index (χ2n) is 7.82. The first kappa shape index (κ1) is 22.7. The first-order chi connectivity index (χ1) is 13.7. The molecule has 158 valence electrons. The molecule has 0 radical (unpaired) electrons. The molecule has 5 heteroatoms. The maximum Gasteiger partial charge on any atom is 0.191 e. The van der Waals surface area contributed by atoms with Gasteiger partial charge < -0.3 is 15.4 Å². The Balaban J connectivity index is 1.76. The number of likely N-dealkylation sites (tertiary alicyclic amines) is 1. The van der Waals surface area contributed by atoms with Gasteiger partial charge in [-0.25, -0.2) is 4.99 Å². The summed E-state index contributed by atoms with van der Waals surface area (Å²) in [6.07, 6.45) is 4.88. The standard InChI is InChI=1S/C23H40N4O/c1-4-24-23(25-14-6-7-16-28-5-2)26-17-21-10-12-22(13-11-21)19-27-15-8-9-20(3)18-27/h10-13,20H,4-9,14-19H2,1-3H3,(H2,24,25,26). The number of piperidine rings is 1. The molecule has 1 saturated heterocycles. The predicted octanol–water partition coefficient (Wildman–Crippen LogP) is 3.79. The van der Waals surface area contributed by atoms with Crippen LogP contribution in [-0.2, 0) is 17.8 Å². The summed E-state index contributed by atoms with van der Waals surface area (Å²) in [7, 11) is 0. The van der Waals surface area contributed by atoms with Crippen molar-refractivity contribution in [3.05, 3.63) is 35.4 Å². The van der Waals surface area contributed by atoms with Gasteiger partial charge in [0.2, 0.25) is 0 Å². The van der Waals surface area contributed by atoms with Crippen LogP contribution in [0.4, 0.5) is 0 Å². The van der Waals surface area contributed by atoms with Crippen molar-refractivity contribution < 1.29 is 4.74 Å². The topological polar surface area (TPSA) is 48.9 Å². The number of aliphatic imine (C=N–C) groups is 1. The SMILES string of the molecule is CCNC(=NCc1ccc(CN2CCCC(C)C2)cc1)NCCCCOCC. The molecule has 2 rings (SSSR count). The summed E-state index contributed by atoms with van der Waals surface area (Å²) in [6, 6.07) is 8.96. The molecular weight excluding hydrogens is 348 g/mol. The summed E-state index contributed by atoms with van der Waals surface area (Å²) in [4.78, 5) is 7.31. The first-order valence-corrected chi connectivity index (χ1v) is 11.1. The van der Waals surface area contributed by atoms with Crippen LogP contribution < -0.4 is 10.6 Å². The predicted molar refractivity (Wildman–Crippen MR) is 119 cm³/mol. The van der Waals surface area contributed by atoms with Crippen LogP contribution in [0, 0.1) is 5.92 Å². The number of rotatable bonds is 11.